The SMILES string of the molecule is CC(C)(CCO)CNC/C=C/c1ccc(C#N)cc1. The van der Waals surface area contributed by atoms with Gasteiger partial charge in [-0.3, -0.25) is 0 Å². The van der Waals surface area contributed by atoms with Crippen molar-refractivity contribution in [3.05, 3.63) is 41.5 Å². The molecule has 0 saturated carbocycles. The van der Waals surface area contributed by atoms with Gasteiger partial charge in [0.25, 0.3) is 0 Å². The van der Waals surface area contributed by atoms with Gasteiger partial charge >= 0.3 is 0 Å². The average Bonchev–Trinajstić information content (AvgIpc) is 2.39. The molecule has 1 aromatic rings. The van der Waals surface area contributed by atoms with Crippen LogP contribution in [0.25, 0.3) is 6.08 Å². The molecule has 3 nitrogen and oxygen atoms in total. The topological polar surface area (TPSA) is 56.0 Å². The Balaban J connectivity index is 2.32. The zero-order valence-electron chi connectivity index (χ0n) is 11.7. The second kappa shape index (κ2) is 7.73. The highest BCUT2D eigenvalue weighted by molar-refractivity contribution is 5.51. The van der Waals surface area contributed by atoms with Crippen LogP contribution in [-0.2, 0) is 0 Å². The summed E-state index contributed by atoms with van der Waals surface area (Å²) < 4.78 is 0. The molecule has 0 saturated heterocycles. The predicted molar refractivity (Wildman–Crippen MR) is 78.5 cm³/mol. The zero-order chi connectivity index (χ0) is 14.1. The summed E-state index contributed by atoms with van der Waals surface area (Å²) in [7, 11) is 0. The van der Waals surface area contributed by atoms with E-state index in [1.54, 1.807) is 0 Å². The first kappa shape index (κ1) is 15.4. The lowest BCUT2D eigenvalue weighted by Crippen LogP contribution is -2.30. The molecule has 0 fully saturated rings. The number of hydrogen-bond acceptors (Lipinski definition) is 3. The summed E-state index contributed by atoms with van der Waals surface area (Å²) in [5, 5.41) is 21.0. The maximum absolute atomic E-state index is 8.93. The van der Waals surface area contributed by atoms with E-state index >= 15 is 0 Å². The minimum absolute atomic E-state index is 0.122. The van der Waals surface area contributed by atoms with Crippen LogP contribution in [0.5, 0.6) is 0 Å². The summed E-state index contributed by atoms with van der Waals surface area (Å²) in [5.41, 5.74) is 1.90. The highest BCUT2D eigenvalue weighted by Crippen LogP contribution is 2.17. The molecule has 102 valence electrons. The number of aliphatic hydroxyl groups is 1. The van der Waals surface area contributed by atoms with E-state index in [2.05, 4.69) is 31.3 Å². The Hall–Kier alpha value is -1.63. The largest absolute Gasteiger partial charge is 0.396 e. The van der Waals surface area contributed by atoms with Gasteiger partial charge in [-0.1, -0.05) is 38.1 Å². The first-order valence-electron chi connectivity index (χ1n) is 6.56. The molecule has 0 heterocycles. The molecule has 3 heteroatoms. The minimum Gasteiger partial charge on any atom is -0.396 e. The van der Waals surface area contributed by atoms with Gasteiger partial charge in [-0.15, -0.1) is 0 Å². The van der Waals surface area contributed by atoms with Crippen LogP contribution in [0, 0.1) is 16.7 Å². The molecule has 0 aliphatic heterocycles. The molecule has 0 spiro atoms. The lowest BCUT2D eigenvalue weighted by Gasteiger charge is -2.23. The Morgan fingerprint density at radius 3 is 2.58 bits per heavy atom. The summed E-state index contributed by atoms with van der Waals surface area (Å²) in [6, 6.07) is 9.61. The first-order chi connectivity index (χ1) is 9.07. The van der Waals surface area contributed by atoms with Crippen molar-refractivity contribution in [3.8, 4) is 6.07 Å². The van der Waals surface area contributed by atoms with E-state index < -0.39 is 0 Å². The molecule has 1 rings (SSSR count). The summed E-state index contributed by atoms with van der Waals surface area (Å²) in [4.78, 5) is 0. The third-order valence-electron chi connectivity index (χ3n) is 3.00. The van der Waals surface area contributed by atoms with Crippen molar-refractivity contribution >= 4 is 6.08 Å². The van der Waals surface area contributed by atoms with E-state index in [0.717, 1.165) is 25.1 Å². The van der Waals surface area contributed by atoms with Crippen molar-refractivity contribution < 1.29 is 5.11 Å². The summed E-state index contributed by atoms with van der Waals surface area (Å²) in [5.74, 6) is 0. The fourth-order valence-electron chi connectivity index (χ4n) is 1.75. The van der Waals surface area contributed by atoms with Gasteiger partial charge in [0.2, 0.25) is 0 Å². The van der Waals surface area contributed by atoms with Crippen LogP contribution in [0.4, 0.5) is 0 Å². The van der Waals surface area contributed by atoms with Gasteiger partial charge in [0.15, 0.2) is 0 Å². The summed E-state index contributed by atoms with van der Waals surface area (Å²) in [6.07, 6.45) is 4.91. The van der Waals surface area contributed by atoms with Crippen molar-refractivity contribution in [2.75, 3.05) is 19.7 Å². The van der Waals surface area contributed by atoms with Crippen LogP contribution in [0.3, 0.4) is 0 Å². The Kier molecular flexibility index (Phi) is 6.27. The Morgan fingerprint density at radius 2 is 2.00 bits per heavy atom. The highest BCUT2D eigenvalue weighted by Gasteiger charge is 2.15. The molecule has 0 aliphatic carbocycles. The van der Waals surface area contributed by atoms with E-state index in [4.69, 9.17) is 10.4 Å². The number of aliphatic hydroxyl groups excluding tert-OH is 1. The van der Waals surface area contributed by atoms with Gasteiger partial charge in [-0.25, -0.2) is 0 Å². The Morgan fingerprint density at radius 1 is 1.32 bits per heavy atom. The van der Waals surface area contributed by atoms with Crippen LogP contribution in [0.2, 0.25) is 0 Å². The van der Waals surface area contributed by atoms with E-state index in [1.807, 2.05) is 30.3 Å². The molecule has 0 aromatic heterocycles. The van der Waals surface area contributed by atoms with Crippen molar-refractivity contribution in [1.29, 1.82) is 5.26 Å². The fraction of sp³-hybridized carbons (Fsp3) is 0.438. The van der Waals surface area contributed by atoms with Gasteiger partial charge in [0.05, 0.1) is 11.6 Å². The maximum Gasteiger partial charge on any atom is 0.0991 e. The van der Waals surface area contributed by atoms with E-state index in [-0.39, 0.29) is 12.0 Å². The molecule has 0 unspecified atom stereocenters. The lowest BCUT2D eigenvalue weighted by molar-refractivity contribution is 0.208. The Bertz CT molecular complexity index is 441. The first-order valence-corrected chi connectivity index (χ1v) is 6.56. The molecular formula is C16H22N2O. The molecule has 0 radical (unpaired) electrons. The van der Waals surface area contributed by atoms with E-state index in [0.29, 0.717) is 5.56 Å². The maximum atomic E-state index is 8.93. The monoisotopic (exact) mass is 258 g/mol. The number of rotatable bonds is 7. The van der Waals surface area contributed by atoms with Gasteiger partial charge in [0.1, 0.15) is 0 Å². The minimum atomic E-state index is 0.122. The second-order valence-corrected chi connectivity index (χ2v) is 5.40. The van der Waals surface area contributed by atoms with Crippen molar-refractivity contribution in [2.45, 2.75) is 20.3 Å². The lowest BCUT2D eigenvalue weighted by atomic mass is 9.90. The van der Waals surface area contributed by atoms with Crippen LogP contribution >= 0.6 is 0 Å². The van der Waals surface area contributed by atoms with Crippen molar-refractivity contribution in [2.24, 2.45) is 5.41 Å². The van der Waals surface area contributed by atoms with Gasteiger partial charge in [0, 0.05) is 19.7 Å². The molecule has 0 aliphatic rings. The van der Waals surface area contributed by atoms with Gasteiger partial charge in [-0.2, -0.15) is 5.26 Å². The number of hydrogen-bond donors (Lipinski definition) is 2. The average molecular weight is 258 g/mol. The molecule has 0 atom stereocenters. The number of nitriles is 1. The van der Waals surface area contributed by atoms with Crippen LogP contribution in [-0.4, -0.2) is 24.8 Å². The number of nitrogens with zero attached hydrogens (tertiary/aromatic N) is 1. The third kappa shape index (κ3) is 6.19. The fourth-order valence-corrected chi connectivity index (χ4v) is 1.75. The van der Waals surface area contributed by atoms with Crippen molar-refractivity contribution in [3.63, 3.8) is 0 Å². The van der Waals surface area contributed by atoms with Crippen LogP contribution in [0.15, 0.2) is 30.3 Å². The predicted octanol–water partition coefficient (Wildman–Crippen LogP) is 2.57. The Labute approximate surface area is 115 Å². The molecule has 0 bridgehead atoms. The normalized spacial score (nSPS) is 11.7. The van der Waals surface area contributed by atoms with E-state index in [9.17, 15) is 0 Å². The van der Waals surface area contributed by atoms with Gasteiger partial charge in [-0.05, 0) is 29.5 Å². The quantitative estimate of drug-likeness (QED) is 0.739. The summed E-state index contributed by atoms with van der Waals surface area (Å²) in [6.45, 7) is 6.19. The molecule has 2 N–H and O–H groups in total. The smallest absolute Gasteiger partial charge is 0.0991 e. The molecule has 1 aromatic carbocycles. The van der Waals surface area contributed by atoms with Gasteiger partial charge < -0.3 is 10.4 Å². The van der Waals surface area contributed by atoms with Crippen LogP contribution in [0.1, 0.15) is 31.4 Å². The second-order valence-electron chi connectivity index (χ2n) is 5.40. The summed E-state index contributed by atoms with van der Waals surface area (Å²) >= 11 is 0. The molecule has 19 heavy (non-hydrogen) atoms. The van der Waals surface area contributed by atoms with Crippen molar-refractivity contribution in [1.82, 2.24) is 5.32 Å². The molecular weight excluding hydrogens is 236 g/mol. The van der Waals surface area contributed by atoms with Crippen LogP contribution < -0.4 is 5.32 Å². The van der Waals surface area contributed by atoms with E-state index in [1.165, 1.54) is 0 Å². The number of benzene rings is 1. The standard InChI is InChI=1S/C16H22N2O/c1-16(2,9-11-19)13-18-10-3-4-14-5-7-15(12-17)8-6-14/h3-8,18-19H,9-11,13H2,1-2H3/b4-3+. The highest BCUT2D eigenvalue weighted by atomic mass is 16.3. The third-order valence-corrected chi connectivity index (χ3v) is 3.00. The zero-order valence-corrected chi connectivity index (χ0v) is 11.7. The molecule has 0 amide bonds. The number of nitrogens with one attached hydrogen (secondary N) is 1.